The second-order valence-corrected chi connectivity index (χ2v) is 12.2. The summed E-state index contributed by atoms with van der Waals surface area (Å²) in [4.78, 5) is 34.3. The Kier molecular flexibility index (Phi) is 18.4. The van der Waals surface area contributed by atoms with Gasteiger partial charge in [0, 0.05) is 36.1 Å². The first-order chi connectivity index (χ1) is 23.1. The number of thioether (sulfide) groups is 1. The van der Waals surface area contributed by atoms with Crippen molar-refractivity contribution in [3.05, 3.63) is 59.2 Å². The van der Waals surface area contributed by atoms with Gasteiger partial charge in [-0.2, -0.15) is 14.6 Å². The Bertz CT molecular complexity index is 1440. The maximum atomic E-state index is 14.6. The third-order valence-electron chi connectivity index (χ3n) is 6.24. The number of halogens is 2. The second-order valence-electron chi connectivity index (χ2n) is 10.3. The molecule has 0 radical (unpaired) electrons. The lowest BCUT2D eigenvalue weighted by Gasteiger charge is -2.21. The summed E-state index contributed by atoms with van der Waals surface area (Å²) in [6, 6.07) is 2.01. The summed E-state index contributed by atoms with van der Waals surface area (Å²) >= 11 is 1.35. The van der Waals surface area contributed by atoms with Crippen LogP contribution >= 0.6 is 20.4 Å². The fourth-order valence-electron chi connectivity index (χ4n) is 4.37. The molecule has 1 aliphatic heterocycles. The molecule has 5 rings (SSSR count). The number of aliphatic hydroxyl groups is 3. The third kappa shape index (κ3) is 12.9. The van der Waals surface area contributed by atoms with Crippen molar-refractivity contribution in [2.75, 3.05) is 18.7 Å². The van der Waals surface area contributed by atoms with Gasteiger partial charge in [-0.1, -0.05) is 19.3 Å². The molecule has 2 aliphatic rings. The molecule has 0 saturated heterocycles. The molecule has 2 unspecified atom stereocenters. The predicted octanol–water partition coefficient (Wildman–Crippen LogP) is 4.10. The highest BCUT2D eigenvalue weighted by atomic mass is 32.2. The van der Waals surface area contributed by atoms with Crippen LogP contribution in [0, 0.1) is 11.8 Å². The lowest BCUT2D eigenvalue weighted by atomic mass is 9.96. The highest BCUT2D eigenvalue weighted by Crippen LogP contribution is 2.37. The van der Waals surface area contributed by atoms with Crippen LogP contribution in [0.1, 0.15) is 69.9 Å². The molecule has 3 aromatic heterocycles. The van der Waals surface area contributed by atoms with Gasteiger partial charge in [-0.05, 0) is 45.7 Å². The molecule has 15 nitrogen and oxygen atoms in total. The van der Waals surface area contributed by atoms with Gasteiger partial charge < -0.3 is 35.6 Å². The second kappa shape index (κ2) is 21.6. The lowest BCUT2D eigenvalue weighted by molar-refractivity contribution is -0.113. The summed E-state index contributed by atoms with van der Waals surface area (Å²) in [5, 5.41) is 40.2. The van der Waals surface area contributed by atoms with Crippen molar-refractivity contribution in [2.45, 2.75) is 77.1 Å². The zero-order valence-electron chi connectivity index (χ0n) is 26.8. The monoisotopic (exact) mass is 717 g/mol. The molecule has 4 heterocycles. The number of rotatable bonds is 10. The summed E-state index contributed by atoms with van der Waals surface area (Å²) in [5.74, 6) is -2.07. The zero-order chi connectivity index (χ0) is 35.6. The minimum atomic E-state index is -2.22. The van der Waals surface area contributed by atoms with Crippen LogP contribution in [0.15, 0.2) is 41.8 Å². The molecule has 48 heavy (non-hydrogen) atoms. The maximum absolute atomic E-state index is 14.6. The minimum absolute atomic E-state index is 0.0593. The van der Waals surface area contributed by atoms with Crippen LogP contribution in [0.5, 0.6) is 0 Å². The van der Waals surface area contributed by atoms with Crippen molar-refractivity contribution in [1.82, 2.24) is 29.9 Å². The fourth-order valence-corrected chi connectivity index (χ4v) is 5.68. The highest BCUT2D eigenvalue weighted by Gasteiger charge is 2.27. The van der Waals surface area contributed by atoms with Gasteiger partial charge in [0.1, 0.15) is 36.0 Å². The molecular formula is C29H42F2N7O8PS. The van der Waals surface area contributed by atoms with Crippen LogP contribution < -0.4 is 10.6 Å². The molecule has 266 valence electrons. The van der Waals surface area contributed by atoms with E-state index in [0.717, 1.165) is 49.8 Å². The number of amides is 1. The van der Waals surface area contributed by atoms with Crippen molar-refractivity contribution < 1.29 is 47.6 Å². The van der Waals surface area contributed by atoms with Gasteiger partial charge >= 0.3 is 8.60 Å². The first kappa shape index (κ1) is 40.8. The molecule has 1 aliphatic carbocycles. The van der Waals surface area contributed by atoms with E-state index in [0.29, 0.717) is 0 Å². The van der Waals surface area contributed by atoms with E-state index in [-0.39, 0.29) is 53.6 Å². The first-order valence-corrected chi connectivity index (χ1v) is 16.9. The largest absolute Gasteiger partial charge is 0.397 e. The van der Waals surface area contributed by atoms with Gasteiger partial charge in [0.05, 0.1) is 17.9 Å². The Hall–Kier alpha value is -3.35. The van der Waals surface area contributed by atoms with Crippen LogP contribution in [0.2, 0.25) is 0 Å². The van der Waals surface area contributed by atoms with E-state index in [2.05, 4.69) is 30.3 Å². The van der Waals surface area contributed by atoms with Gasteiger partial charge in [-0.3, -0.25) is 18.5 Å². The number of aromatic nitrogens is 5. The van der Waals surface area contributed by atoms with Crippen molar-refractivity contribution in [3.8, 4) is 11.4 Å². The molecule has 1 saturated carbocycles. The van der Waals surface area contributed by atoms with E-state index in [4.69, 9.17) is 24.6 Å². The van der Waals surface area contributed by atoms with Crippen LogP contribution in [0.3, 0.4) is 0 Å². The summed E-state index contributed by atoms with van der Waals surface area (Å²) in [7, 11) is -2.22. The van der Waals surface area contributed by atoms with Crippen LogP contribution in [-0.4, -0.2) is 77.0 Å². The molecule has 3 aromatic rings. The topological polar surface area (TPSA) is 206 Å². The zero-order valence-corrected chi connectivity index (χ0v) is 28.5. The summed E-state index contributed by atoms with van der Waals surface area (Å²) in [6.45, 7) is 6.61. The SMILES string of the molecule is C=O.CC(C)O.CCO.O=C(Nc1cn(C2CCCCC2)nc1-c1nc(F)ccc1F)C1=CSC(c2cnn(COP(O)OCO)c2)N1. The molecule has 1 fully saturated rings. The first-order valence-electron chi connectivity index (χ1n) is 14.9. The fraction of sp³-hybridized carbons (Fsp3) is 0.483. The molecular weight excluding hydrogens is 675 g/mol. The summed E-state index contributed by atoms with van der Waals surface area (Å²) < 4.78 is 41.3. The average molecular weight is 718 g/mol. The van der Waals surface area contributed by atoms with E-state index >= 15 is 0 Å². The number of carbonyl (C=O) groups excluding carboxylic acids is 2. The number of aliphatic hydroxyl groups excluding tert-OH is 3. The molecule has 0 spiro atoms. The number of hydrogen-bond acceptors (Lipinski definition) is 13. The van der Waals surface area contributed by atoms with Crippen molar-refractivity contribution in [3.63, 3.8) is 0 Å². The number of hydrogen-bond donors (Lipinski definition) is 6. The van der Waals surface area contributed by atoms with Crippen molar-refractivity contribution >= 4 is 38.7 Å². The number of anilines is 1. The van der Waals surface area contributed by atoms with E-state index in [1.165, 1.54) is 16.4 Å². The maximum Gasteiger partial charge on any atom is 0.333 e. The molecule has 0 aromatic carbocycles. The van der Waals surface area contributed by atoms with E-state index in [1.54, 1.807) is 49.5 Å². The number of nitrogens with one attached hydrogen (secondary N) is 2. The Morgan fingerprint density at radius 3 is 2.48 bits per heavy atom. The van der Waals surface area contributed by atoms with Crippen molar-refractivity contribution in [1.29, 1.82) is 0 Å². The van der Waals surface area contributed by atoms with E-state index in [1.807, 2.05) is 6.79 Å². The van der Waals surface area contributed by atoms with Gasteiger partial charge in [0.25, 0.3) is 5.91 Å². The number of carbonyl (C=O) groups is 2. The Balaban J connectivity index is 0.000000802. The summed E-state index contributed by atoms with van der Waals surface area (Å²) in [6.07, 6.45) is 9.79. The van der Waals surface area contributed by atoms with Crippen LogP contribution in [0.25, 0.3) is 11.4 Å². The van der Waals surface area contributed by atoms with Crippen molar-refractivity contribution in [2.24, 2.45) is 0 Å². The Morgan fingerprint density at radius 2 is 1.83 bits per heavy atom. The Morgan fingerprint density at radius 1 is 1.17 bits per heavy atom. The summed E-state index contributed by atoms with van der Waals surface area (Å²) in [5.41, 5.74) is 1.03. The Labute approximate surface area is 282 Å². The average Bonchev–Trinajstić information content (AvgIpc) is 3.83. The van der Waals surface area contributed by atoms with Crippen LogP contribution in [0.4, 0.5) is 14.5 Å². The predicted molar refractivity (Wildman–Crippen MR) is 176 cm³/mol. The van der Waals surface area contributed by atoms with Gasteiger partial charge in [-0.15, -0.1) is 11.8 Å². The van der Waals surface area contributed by atoms with Gasteiger partial charge in [0.2, 0.25) is 5.95 Å². The number of nitrogens with zero attached hydrogens (tertiary/aromatic N) is 5. The molecule has 0 bridgehead atoms. The third-order valence-corrected chi connectivity index (χ3v) is 7.95. The quantitative estimate of drug-likeness (QED) is 0.0994. The highest BCUT2D eigenvalue weighted by molar-refractivity contribution is 8.02. The van der Waals surface area contributed by atoms with Gasteiger partial charge in [0.15, 0.2) is 12.6 Å². The number of pyridine rings is 1. The smallest absolute Gasteiger partial charge is 0.333 e. The molecule has 19 heteroatoms. The van der Waals surface area contributed by atoms with E-state index in [9.17, 15) is 18.5 Å². The van der Waals surface area contributed by atoms with E-state index < -0.39 is 33.1 Å². The standard InChI is InChI=1S/C23H26F2N7O5PS.C3H8O.C2H6O.CH2O/c24-16-6-7-19(25)29-20(16)21-17(10-32(30-21)15-4-2-1-3-5-15)27-22(34)18-11-39-23(28-18)14-8-26-31(9-14)12-36-38(35)37-13-33;1-3(2)4;1-2-3;1-2/h6-11,15,23,28,33,35H,1-5,12-13H2,(H,27,34);3-4H,1-2H3;3H,2H2,1H3;1H2. The molecule has 2 atom stereocenters. The molecule has 6 N–H and O–H groups in total. The minimum Gasteiger partial charge on any atom is -0.397 e. The molecule has 1 amide bonds. The normalized spacial score (nSPS) is 16.3. The van der Waals surface area contributed by atoms with Crippen LogP contribution in [-0.2, 0) is 25.4 Å². The van der Waals surface area contributed by atoms with Gasteiger partial charge in [-0.25, -0.2) is 14.1 Å². The lowest BCUT2D eigenvalue weighted by Crippen LogP contribution is -2.24.